The SMILES string of the molecule is CN1CCN(c2ccc(Nc3ccc(-c4c[nH]c5ccncc45)c4c3C(=O)NC4)nc2)CC1. The van der Waals surface area contributed by atoms with E-state index in [1.807, 2.05) is 36.8 Å². The van der Waals surface area contributed by atoms with Crippen LogP contribution in [0, 0.1) is 0 Å². The largest absolute Gasteiger partial charge is 0.368 e. The molecule has 1 fully saturated rings. The van der Waals surface area contributed by atoms with Gasteiger partial charge in [0.2, 0.25) is 0 Å². The van der Waals surface area contributed by atoms with Gasteiger partial charge in [0.15, 0.2) is 0 Å². The van der Waals surface area contributed by atoms with Crippen molar-refractivity contribution >= 4 is 34.0 Å². The highest BCUT2D eigenvalue weighted by molar-refractivity contribution is 6.07. The molecule has 4 aromatic rings. The minimum atomic E-state index is -0.0682. The lowest BCUT2D eigenvalue weighted by atomic mass is 9.95. The average molecular weight is 440 g/mol. The predicted octanol–water partition coefficient (Wildman–Crippen LogP) is 3.36. The van der Waals surface area contributed by atoms with Gasteiger partial charge in [-0.05, 0) is 42.4 Å². The van der Waals surface area contributed by atoms with Crippen molar-refractivity contribution in [3.05, 3.63) is 66.2 Å². The number of amides is 1. The third kappa shape index (κ3) is 3.48. The van der Waals surface area contributed by atoms with Crippen molar-refractivity contribution in [2.24, 2.45) is 0 Å². The molecule has 1 aromatic carbocycles. The molecule has 0 saturated carbocycles. The number of likely N-dealkylation sites (N-methyl/N-ethyl adjacent to an activating group) is 1. The zero-order valence-electron chi connectivity index (χ0n) is 18.4. The molecule has 2 aliphatic rings. The molecular formula is C25H25N7O. The molecule has 0 atom stereocenters. The van der Waals surface area contributed by atoms with E-state index >= 15 is 0 Å². The van der Waals surface area contributed by atoms with Crippen LogP contribution in [0.5, 0.6) is 0 Å². The van der Waals surface area contributed by atoms with Gasteiger partial charge in [-0.15, -0.1) is 0 Å². The van der Waals surface area contributed by atoms with E-state index in [0.29, 0.717) is 12.1 Å². The fourth-order valence-electron chi connectivity index (χ4n) is 4.74. The number of fused-ring (bicyclic) bond motifs is 2. The zero-order valence-corrected chi connectivity index (χ0v) is 18.4. The van der Waals surface area contributed by atoms with Crippen LogP contribution in [0.4, 0.5) is 17.2 Å². The van der Waals surface area contributed by atoms with Gasteiger partial charge < -0.3 is 25.4 Å². The highest BCUT2D eigenvalue weighted by Crippen LogP contribution is 2.37. The molecule has 0 bridgehead atoms. The van der Waals surface area contributed by atoms with Crippen molar-refractivity contribution in [3.8, 4) is 11.1 Å². The number of carbonyl (C=O) groups is 1. The van der Waals surface area contributed by atoms with E-state index in [-0.39, 0.29) is 5.91 Å². The van der Waals surface area contributed by atoms with Crippen LogP contribution >= 0.6 is 0 Å². The molecule has 0 radical (unpaired) electrons. The van der Waals surface area contributed by atoms with Gasteiger partial charge in [-0.2, -0.15) is 0 Å². The number of anilines is 3. The molecule has 8 heteroatoms. The van der Waals surface area contributed by atoms with E-state index < -0.39 is 0 Å². The quantitative estimate of drug-likeness (QED) is 0.452. The standard InChI is InChI=1S/C25H25N7O/c1-31-8-10-32(11-9-31)16-2-5-23(28-12-16)30-22-4-3-17(20-15-29-25(33)24(20)22)18-14-27-21-6-7-26-13-19(18)21/h2-7,12-14,27H,8-11,15H2,1H3,(H,28,30)(H,29,33). The normalized spacial score (nSPS) is 16.2. The summed E-state index contributed by atoms with van der Waals surface area (Å²) in [5, 5.41) is 7.39. The van der Waals surface area contributed by atoms with Crippen LogP contribution in [0.15, 0.2) is 55.1 Å². The van der Waals surface area contributed by atoms with Gasteiger partial charge in [-0.1, -0.05) is 6.07 Å². The molecule has 8 nitrogen and oxygen atoms in total. The van der Waals surface area contributed by atoms with Crippen LogP contribution in [0.2, 0.25) is 0 Å². The number of aromatic amines is 1. The highest BCUT2D eigenvalue weighted by atomic mass is 16.1. The first kappa shape index (κ1) is 19.8. The number of aromatic nitrogens is 3. The Kier molecular flexibility index (Phi) is 4.73. The third-order valence-electron chi connectivity index (χ3n) is 6.62. The van der Waals surface area contributed by atoms with E-state index in [9.17, 15) is 4.79 Å². The fourth-order valence-corrected chi connectivity index (χ4v) is 4.74. The highest BCUT2D eigenvalue weighted by Gasteiger charge is 2.27. The number of nitrogens with one attached hydrogen (secondary N) is 3. The van der Waals surface area contributed by atoms with Crippen LogP contribution in [0.25, 0.3) is 22.0 Å². The van der Waals surface area contributed by atoms with Crippen molar-refractivity contribution in [1.82, 2.24) is 25.2 Å². The second kappa shape index (κ2) is 7.90. The molecule has 0 unspecified atom stereocenters. The molecule has 3 N–H and O–H groups in total. The summed E-state index contributed by atoms with van der Waals surface area (Å²) in [6.07, 6.45) is 7.51. The van der Waals surface area contributed by atoms with E-state index in [2.05, 4.69) is 54.6 Å². The number of carbonyl (C=O) groups excluding carboxylic acids is 1. The van der Waals surface area contributed by atoms with Crippen LogP contribution < -0.4 is 15.5 Å². The summed E-state index contributed by atoms with van der Waals surface area (Å²) in [5.41, 5.74) is 6.66. The number of hydrogen-bond donors (Lipinski definition) is 3. The molecule has 5 heterocycles. The Hall–Kier alpha value is -3.91. The summed E-state index contributed by atoms with van der Waals surface area (Å²) in [7, 11) is 2.15. The molecule has 1 saturated heterocycles. The minimum Gasteiger partial charge on any atom is -0.368 e. The van der Waals surface area contributed by atoms with Crippen LogP contribution in [-0.4, -0.2) is 59.0 Å². The van der Waals surface area contributed by atoms with Crippen molar-refractivity contribution in [3.63, 3.8) is 0 Å². The fraction of sp³-hybridized carbons (Fsp3) is 0.240. The number of rotatable bonds is 4. The predicted molar refractivity (Wildman–Crippen MR) is 130 cm³/mol. The van der Waals surface area contributed by atoms with Gasteiger partial charge in [0, 0.05) is 67.8 Å². The molecule has 33 heavy (non-hydrogen) atoms. The number of H-pyrrole nitrogens is 1. The molecular weight excluding hydrogens is 414 g/mol. The molecule has 0 spiro atoms. The molecule has 1 amide bonds. The van der Waals surface area contributed by atoms with Gasteiger partial charge in [0.1, 0.15) is 5.82 Å². The third-order valence-corrected chi connectivity index (χ3v) is 6.62. The second-order valence-corrected chi connectivity index (χ2v) is 8.64. The first-order chi connectivity index (χ1) is 16.2. The van der Waals surface area contributed by atoms with E-state index in [0.717, 1.165) is 71.0 Å². The maximum Gasteiger partial charge on any atom is 0.254 e. The van der Waals surface area contributed by atoms with Crippen LogP contribution in [0.1, 0.15) is 15.9 Å². The summed E-state index contributed by atoms with van der Waals surface area (Å²) in [5.74, 6) is 0.653. The summed E-state index contributed by atoms with van der Waals surface area (Å²) < 4.78 is 0. The van der Waals surface area contributed by atoms with E-state index in [4.69, 9.17) is 0 Å². The molecule has 6 rings (SSSR count). The minimum absolute atomic E-state index is 0.0682. The average Bonchev–Trinajstić information content (AvgIpc) is 3.45. The molecule has 2 aliphatic heterocycles. The number of pyridine rings is 2. The van der Waals surface area contributed by atoms with Gasteiger partial charge in [0.05, 0.1) is 23.1 Å². The summed E-state index contributed by atoms with van der Waals surface area (Å²) in [6, 6.07) is 10.1. The van der Waals surface area contributed by atoms with Gasteiger partial charge in [0.25, 0.3) is 5.91 Å². The molecule has 0 aliphatic carbocycles. The second-order valence-electron chi connectivity index (χ2n) is 8.64. The van der Waals surface area contributed by atoms with E-state index in [1.54, 1.807) is 6.20 Å². The first-order valence-corrected chi connectivity index (χ1v) is 11.2. The number of nitrogens with zero attached hydrogens (tertiary/aromatic N) is 4. The van der Waals surface area contributed by atoms with Crippen LogP contribution in [-0.2, 0) is 6.54 Å². The Labute approximate surface area is 191 Å². The van der Waals surface area contributed by atoms with Crippen LogP contribution in [0.3, 0.4) is 0 Å². The Morgan fingerprint density at radius 1 is 1.00 bits per heavy atom. The Morgan fingerprint density at radius 3 is 2.70 bits per heavy atom. The maximum atomic E-state index is 12.7. The Bertz CT molecular complexity index is 1340. The lowest BCUT2D eigenvalue weighted by molar-refractivity contribution is 0.0966. The maximum absolute atomic E-state index is 12.7. The number of hydrogen-bond acceptors (Lipinski definition) is 6. The van der Waals surface area contributed by atoms with E-state index in [1.165, 1.54) is 0 Å². The van der Waals surface area contributed by atoms with Crippen molar-refractivity contribution in [2.45, 2.75) is 6.54 Å². The summed E-state index contributed by atoms with van der Waals surface area (Å²) in [6.45, 7) is 4.62. The summed E-state index contributed by atoms with van der Waals surface area (Å²) >= 11 is 0. The lowest BCUT2D eigenvalue weighted by Gasteiger charge is -2.33. The number of piperazine rings is 1. The first-order valence-electron chi connectivity index (χ1n) is 11.2. The molecule has 166 valence electrons. The molecule has 3 aromatic heterocycles. The zero-order chi connectivity index (χ0) is 22.4. The Balaban J connectivity index is 1.31. The van der Waals surface area contributed by atoms with Crippen molar-refractivity contribution in [1.29, 1.82) is 0 Å². The summed E-state index contributed by atoms with van der Waals surface area (Å²) in [4.78, 5) is 29.6. The smallest absolute Gasteiger partial charge is 0.254 e. The van der Waals surface area contributed by atoms with Gasteiger partial charge >= 0.3 is 0 Å². The van der Waals surface area contributed by atoms with Crippen molar-refractivity contribution in [2.75, 3.05) is 43.4 Å². The van der Waals surface area contributed by atoms with Gasteiger partial charge in [-0.25, -0.2) is 4.98 Å². The lowest BCUT2D eigenvalue weighted by Crippen LogP contribution is -2.44. The topological polar surface area (TPSA) is 89.2 Å². The van der Waals surface area contributed by atoms with Gasteiger partial charge in [-0.3, -0.25) is 9.78 Å². The Morgan fingerprint density at radius 2 is 1.88 bits per heavy atom. The monoisotopic (exact) mass is 439 g/mol. The number of benzene rings is 1. The van der Waals surface area contributed by atoms with Crippen molar-refractivity contribution < 1.29 is 4.79 Å².